The third-order valence-electron chi connectivity index (χ3n) is 4.87. The summed E-state index contributed by atoms with van der Waals surface area (Å²) in [7, 11) is 0. The summed E-state index contributed by atoms with van der Waals surface area (Å²) in [5.74, 6) is 0. The number of nitrogens with zero attached hydrogens (tertiary/aromatic N) is 3. The lowest BCUT2D eigenvalue weighted by molar-refractivity contribution is -0.697. The first-order valence-electron chi connectivity index (χ1n) is 10.4. The maximum Gasteiger partial charge on any atom is 0.265 e. The van der Waals surface area contributed by atoms with Crippen LogP contribution in [0, 0.1) is 0 Å². The average molecular weight is 422 g/mol. The lowest BCUT2D eigenvalue weighted by Crippen LogP contribution is -3.00. The van der Waals surface area contributed by atoms with E-state index in [1.807, 2.05) is 29.2 Å². The van der Waals surface area contributed by atoms with Gasteiger partial charge in [-0.1, -0.05) is 100 Å². The molecular formula is C22H36BrN3. The van der Waals surface area contributed by atoms with Gasteiger partial charge in [0.15, 0.2) is 0 Å². The van der Waals surface area contributed by atoms with E-state index in [4.69, 9.17) is 0 Å². The van der Waals surface area contributed by atoms with Crippen LogP contribution in [0.1, 0.15) is 84.0 Å². The van der Waals surface area contributed by atoms with Crippen LogP contribution < -0.4 is 21.5 Å². The highest BCUT2D eigenvalue weighted by Crippen LogP contribution is 2.11. The second-order valence-corrected chi connectivity index (χ2v) is 7.15. The Morgan fingerprint density at radius 2 is 1.31 bits per heavy atom. The summed E-state index contributed by atoms with van der Waals surface area (Å²) < 4.78 is 4.14. The summed E-state index contributed by atoms with van der Waals surface area (Å²) in [6, 6.07) is 10.3. The average Bonchev–Trinajstić information content (AvgIpc) is 3.12. The normalized spacial score (nSPS) is 10.7. The van der Waals surface area contributed by atoms with Crippen molar-refractivity contribution in [1.82, 2.24) is 9.78 Å². The minimum atomic E-state index is 0. The van der Waals surface area contributed by atoms with E-state index in [1.165, 1.54) is 77.0 Å². The number of hydrogen-bond acceptors (Lipinski definition) is 1. The van der Waals surface area contributed by atoms with Crippen LogP contribution in [-0.2, 0) is 6.54 Å². The van der Waals surface area contributed by atoms with E-state index in [-0.39, 0.29) is 17.0 Å². The molecule has 0 saturated heterocycles. The number of benzene rings is 1. The lowest BCUT2D eigenvalue weighted by Gasteiger charge is -2.02. The van der Waals surface area contributed by atoms with Crippen molar-refractivity contribution in [3.63, 3.8) is 0 Å². The first-order chi connectivity index (χ1) is 12.4. The van der Waals surface area contributed by atoms with Gasteiger partial charge in [0.2, 0.25) is 6.33 Å². The molecule has 0 N–H and O–H groups in total. The molecule has 1 heterocycles. The van der Waals surface area contributed by atoms with E-state index in [2.05, 4.69) is 35.0 Å². The minimum absolute atomic E-state index is 0. The summed E-state index contributed by atoms with van der Waals surface area (Å²) in [6.07, 6.45) is 20.8. The van der Waals surface area contributed by atoms with E-state index < -0.39 is 0 Å². The Hall–Kier alpha value is -1.16. The van der Waals surface area contributed by atoms with Crippen molar-refractivity contribution in [1.29, 1.82) is 0 Å². The van der Waals surface area contributed by atoms with E-state index in [9.17, 15) is 0 Å². The predicted octanol–water partition coefficient (Wildman–Crippen LogP) is 2.86. The van der Waals surface area contributed by atoms with Crippen LogP contribution in [0.4, 0.5) is 0 Å². The van der Waals surface area contributed by atoms with E-state index in [0.29, 0.717) is 0 Å². The highest BCUT2D eigenvalue weighted by molar-refractivity contribution is 5.28. The molecule has 2 aromatic rings. The molecule has 0 aliphatic heterocycles. The van der Waals surface area contributed by atoms with Gasteiger partial charge in [-0.25, -0.2) is 4.57 Å². The molecule has 0 fully saturated rings. The molecule has 0 atom stereocenters. The third-order valence-corrected chi connectivity index (χ3v) is 4.87. The molecule has 0 aliphatic rings. The first-order valence-corrected chi connectivity index (χ1v) is 10.4. The zero-order valence-electron chi connectivity index (χ0n) is 16.5. The fraction of sp³-hybridized carbons (Fsp3) is 0.636. The number of aromatic nitrogens is 3. The number of hydrogen-bond donors (Lipinski definition) is 0. The molecule has 2 rings (SSSR count). The smallest absolute Gasteiger partial charge is 0.265 e. The summed E-state index contributed by atoms with van der Waals surface area (Å²) in [6.45, 7) is 3.36. The Labute approximate surface area is 170 Å². The second-order valence-electron chi connectivity index (χ2n) is 7.15. The third kappa shape index (κ3) is 9.51. The van der Waals surface area contributed by atoms with E-state index >= 15 is 0 Å². The van der Waals surface area contributed by atoms with E-state index in [0.717, 1.165) is 12.2 Å². The minimum Gasteiger partial charge on any atom is -1.00 e. The Morgan fingerprint density at radius 1 is 0.769 bits per heavy atom. The van der Waals surface area contributed by atoms with Crippen LogP contribution in [0.15, 0.2) is 43.0 Å². The Balaban J connectivity index is 0.00000338. The predicted molar refractivity (Wildman–Crippen MR) is 105 cm³/mol. The fourth-order valence-corrected chi connectivity index (χ4v) is 3.29. The molecule has 0 saturated carbocycles. The monoisotopic (exact) mass is 421 g/mol. The van der Waals surface area contributed by atoms with Crippen molar-refractivity contribution < 1.29 is 21.5 Å². The molecule has 0 unspecified atom stereocenters. The quantitative estimate of drug-likeness (QED) is 0.339. The molecule has 4 heteroatoms. The number of aryl methyl sites for hydroxylation is 1. The van der Waals surface area contributed by atoms with Gasteiger partial charge >= 0.3 is 0 Å². The van der Waals surface area contributed by atoms with Gasteiger partial charge in [-0.15, -0.1) is 0 Å². The number of para-hydroxylation sites is 1. The molecule has 26 heavy (non-hydrogen) atoms. The van der Waals surface area contributed by atoms with Gasteiger partial charge in [0.1, 0.15) is 5.69 Å². The number of unbranched alkanes of at least 4 members (excludes halogenated alkanes) is 11. The molecule has 0 aliphatic carbocycles. The van der Waals surface area contributed by atoms with Crippen molar-refractivity contribution in [2.24, 2.45) is 0 Å². The van der Waals surface area contributed by atoms with Gasteiger partial charge in [-0.2, -0.15) is 0 Å². The molecule has 3 nitrogen and oxygen atoms in total. The molecule has 0 bridgehead atoms. The highest BCUT2D eigenvalue weighted by Gasteiger charge is 2.07. The topological polar surface area (TPSA) is 21.7 Å². The van der Waals surface area contributed by atoms with Gasteiger partial charge in [-0.3, -0.25) is 0 Å². The summed E-state index contributed by atoms with van der Waals surface area (Å²) >= 11 is 0. The maximum absolute atomic E-state index is 4.44. The SMILES string of the molecule is CCCCCCCCCCCCCC[n+]1cnn(-c2ccccc2)c1.[Br-]. The second kappa shape index (κ2) is 15.0. The van der Waals surface area contributed by atoms with Crippen molar-refractivity contribution >= 4 is 0 Å². The summed E-state index contributed by atoms with van der Waals surface area (Å²) in [5.41, 5.74) is 1.12. The molecule has 146 valence electrons. The number of halogens is 1. The van der Waals surface area contributed by atoms with Gasteiger partial charge in [0.05, 0.1) is 6.54 Å². The molecule has 0 amide bonds. The van der Waals surface area contributed by atoms with Crippen LogP contribution in [-0.4, -0.2) is 9.78 Å². The van der Waals surface area contributed by atoms with Crippen molar-refractivity contribution in [3.8, 4) is 5.69 Å². The van der Waals surface area contributed by atoms with Gasteiger partial charge < -0.3 is 17.0 Å². The van der Waals surface area contributed by atoms with Gasteiger partial charge in [-0.05, 0) is 18.6 Å². The summed E-state index contributed by atoms with van der Waals surface area (Å²) in [5, 5.41) is 4.44. The van der Waals surface area contributed by atoms with Crippen LogP contribution in [0.5, 0.6) is 0 Å². The lowest BCUT2D eigenvalue weighted by atomic mass is 10.1. The summed E-state index contributed by atoms with van der Waals surface area (Å²) in [4.78, 5) is 0. The molecule has 0 radical (unpaired) electrons. The van der Waals surface area contributed by atoms with Crippen LogP contribution in [0.25, 0.3) is 5.69 Å². The number of rotatable bonds is 14. The maximum atomic E-state index is 4.44. The van der Waals surface area contributed by atoms with Crippen molar-refractivity contribution in [2.45, 2.75) is 90.5 Å². The largest absolute Gasteiger partial charge is 1.00 e. The first kappa shape index (κ1) is 22.9. The molecular weight excluding hydrogens is 386 g/mol. The molecule has 1 aromatic carbocycles. The highest BCUT2D eigenvalue weighted by atomic mass is 79.9. The van der Waals surface area contributed by atoms with Crippen molar-refractivity contribution in [3.05, 3.63) is 43.0 Å². The van der Waals surface area contributed by atoms with Crippen LogP contribution in [0.2, 0.25) is 0 Å². The zero-order chi connectivity index (χ0) is 17.6. The van der Waals surface area contributed by atoms with E-state index in [1.54, 1.807) is 0 Å². The zero-order valence-corrected chi connectivity index (χ0v) is 18.0. The fourth-order valence-electron chi connectivity index (χ4n) is 3.29. The van der Waals surface area contributed by atoms with Crippen molar-refractivity contribution in [2.75, 3.05) is 0 Å². The van der Waals surface area contributed by atoms with Crippen LogP contribution in [0.3, 0.4) is 0 Å². The Kier molecular flexibility index (Phi) is 13.2. The standard InChI is InChI=1S/C22H36N3.BrH/c1-2-3-4-5-6-7-8-9-10-11-12-16-19-24-20-23-25(21-24)22-17-14-13-15-18-22;/h13-15,17-18,20-21H,2-12,16,19H2,1H3;1H/q+1;/p-1. The van der Waals surface area contributed by atoms with Gasteiger partial charge in [0, 0.05) is 5.10 Å². The molecule has 1 aromatic heterocycles. The Morgan fingerprint density at radius 3 is 1.88 bits per heavy atom. The van der Waals surface area contributed by atoms with Crippen LogP contribution >= 0.6 is 0 Å². The Bertz CT molecular complexity index is 554. The molecule has 0 spiro atoms. The van der Waals surface area contributed by atoms with Gasteiger partial charge in [0.25, 0.3) is 6.33 Å².